The van der Waals surface area contributed by atoms with Gasteiger partial charge in [0.2, 0.25) is 0 Å². The second-order valence-electron chi connectivity index (χ2n) is 3.21. The Morgan fingerprint density at radius 1 is 1.44 bits per heavy atom. The number of rotatable bonds is 6. The van der Waals surface area contributed by atoms with Crippen LogP contribution in [0.5, 0.6) is 0 Å². The van der Waals surface area contributed by atoms with Crippen molar-refractivity contribution in [3.63, 3.8) is 0 Å². The van der Waals surface area contributed by atoms with Gasteiger partial charge in [-0.05, 0) is 0 Å². The van der Waals surface area contributed by atoms with Gasteiger partial charge in [-0.2, -0.15) is 0 Å². The molecule has 1 aromatic carbocycles. The monoisotopic (exact) mass is 224 g/mol. The fourth-order valence-corrected chi connectivity index (χ4v) is 1.26. The number of carboxylic acid groups (broad SMARTS) is 1. The molecule has 0 saturated heterocycles. The first-order chi connectivity index (χ1) is 7.61. The predicted molar refractivity (Wildman–Crippen MR) is 57.1 cm³/mol. The summed E-state index contributed by atoms with van der Waals surface area (Å²) in [5.41, 5.74) is 0.600. The second-order valence-corrected chi connectivity index (χ2v) is 3.21. The Balaban J connectivity index is 2.53. The number of nitro groups is 1. The molecule has 86 valence electrons. The number of para-hydroxylation sites is 1. The van der Waals surface area contributed by atoms with E-state index in [4.69, 9.17) is 5.11 Å². The highest BCUT2D eigenvalue weighted by Gasteiger charge is 2.11. The van der Waals surface area contributed by atoms with Gasteiger partial charge in [-0.15, -0.1) is 0 Å². The molecule has 0 aliphatic rings. The summed E-state index contributed by atoms with van der Waals surface area (Å²) in [7, 11) is 0. The van der Waals surface area contributed by atoms with Crippen molar-refractivity contribution in [3.05, 3.63) is 39.9 Å². The lowest BCUT2D eigenvalue weighted by atomic mass is 10.2. The van der Waals surface area contributed by atoms with E-state index >= 15 is 0 Å². The number of carboxylic acids is 1. The van der Waals surface area contributed by atoms with Crippen molar-refractivity contribution < 1.29 is 14.8 Å². The van der Waals surface area contributed by atoms with Crippen LogP contribution in [0, 0.1) is 10.1 Å². The topological polar surface area (TPSA) is 92.5 Å². The maximum absolute atomic E-state index is 10.6. The van der Waals surface area contributed by atoms with Crippen molar-refractivity contribution in [2.45, 2.75) is 13.0 Å². The third-order valence-electron chi connectivity index (χ3n) is 2.02. The Hall–Kier alpha value is -1.95. The molecule has 1 rings (SSSR count). The van der Waals surface area contributed by atoms with Gasteiger partial charge in [0.05, 0.1) is 11.3 Å². The average molecular weight is 224 g/mol. The summed E-state index contributed by atoms with van der Waals surface area (Å²) in [5.74, 6) is -0.893. The lowest BCUT2D eigenvalue weighted by Gasteiger charge is -2.03. The smallest absolute Gasteiger partial charge is 0.304 e. The molecule has 1 aromatic rings. The van der Waals surface area contributed by atoms with Crippen LogP contribution < -0.4 is 5.32 Å². The Morgan fingerprint density at radius 2 is 2.12 bits per heavy atom. The molecule has 16 heavy (non-hydrogen) atoms. The molecule has 0 amide bonds. The van der Waals surface area contributed by atoms with Crippen LogP contribution >= 0.6 is 0 Å². The summed E-state index contributed by atoms with van der Waals surface area (Å²) in [6, 6.07) is 6.38. The van der Waals surface area contributed by atoms with E-state index in [1.54, 1.807) is 18.2 Å². The van der Waals surface area contributed by atoms with E-state index < -0.39 is 10.9 Å². The number of hydrogen-bond donors (Lipinski definition) is 2. The standard InChI is InChI=1S/C10H12N2O4/c13-10(14)5-6-11-7-8-3-1-2-4-9(8)12(15)16/h1-4,11H,5-7H2,(H,13,14). The molecule has 0 heterocycles. The summed E-state index contributed by atoms with van der Waals surface area (Å²) < 4.78 is 0. The zero-order valence-electron chi connectivity index (χ0n) is 8.55. The fourth-order valence-electron chi connectivity index (χ4n) is 1.26. The highest BCUT2D eigenvalue weighted by atomic mass is 16.6. The quantitative estimate of drug-likeness (QED) is 0.429. The van der Waals surface area contributed by atoms with E-state index in [0.29, 0.717) is 18.7 Å². The first-order valence-electron chi connectivity index (χ1n) is 4.76. The molecule has 6 heteroatoms. The van der Waals surface area contributed by atoms with Crippen LogP contribution in [0.1, 0.15) is 12.0 Å². The molecule has 0 atom stereocenters. The van der Waals surface area contributed by atoms with Crippen LogP contribution in [-0.4, -0.2) is 22.5 Å². The predicted octanol–water partition coefficient (Wildman–Crippen LogP) is 1.16. The fraction of sp³-hybridized carbons (Fsp3) is 0.300. The average Bonchev–Trinajstić information content (AvgIpc) is 2.24. The SMILES string of the molecule is O=C(O)CCNCc1ccccc1[N+](=O)[O-]. The van der Waals surface area contributed by atoms with Crippen molar-refractivity contribution in [3.8, 4) is 0 Å². The van der Waals surface area contributed by atoms with Crippen LogP contribution in [-0.2, 0) is 11.3 Å². The molecule has 0 bridgehead atoms. The van der Waals surface area contributed by atoms with Crippen LogP contribution in [0.4, 0.5) is 5.69 Å². The Bertz CT molecular complexity index is 392. The molecule has 0 aliphatic heterocycles. The van der Waals surface area contributed by atoms with Gasteiger partial charge < -0.3 is 10.4 Å². The molecule has 0 spiro atoms. The molecule has 0 radical (unpaired) electrons. The van der Waals surface area contributed by atoms with Gasteiger partial charge in [-0.25, -0.2) is 0 Å². The summed E-state index contributed by atoms with van der Waals surface area (Å²) in [6.45, 7) is 0.589. The van der Waals surface area contributed by atoms with Crippen LogP contribution in [0.25, 0.3) is 0 Å². The van der Waals surface area contributed by atoms with Crippen molar-refractivity contribution >= 4 is 11.7 Å². The van der Waals surface area contributed by atoms with Gasteiger partial charge in [0.1, 0.15) is 0 Å². The van der Waals surface area contributed by atoms with E-state index in [-0.39, 0.29) is 12.1 Å². The molecule has 0 unspecified atom stereocenters. The van der Waals surface area contributed by atoms with Crippen LogP contribution in [0.3, 0.4) is 0 Å². The summed E-state index contributed by atoms with van der Waals surface area (Å²) in [6.07, 6.45) is 0.000626. The van der Waals surface area contributed by atoms with Crippen molar-refractivity contribution in [2.75, 3.05) is 6.54 Å². The zero-order valence-corrected chi connectivity index (χ0v) is 8.55. The number of nitrogens with one attached hydrogen (secondary N) is 1. The number of nitrogens with zero attached hydrogens (tertiary/aromatic N) is 1. The largest absolute Gasteiger partial charge is 0.481 e. The lowest BCUT2D eigenvalue weighted by Crippen LogP contribution is -2.18. The van der Waals surface area contributed by atoms with Crippen molar-refractivity contribution in [2.24, 2.45) is 0 Å². The number of benzene rings is 1. The summed E-state index contributed by atoms with van der Waals surface area (Å²) >= 11 is 0. The lowest BCUT2D eigenvalue weighted by molar-refractivity contribution is -0.385. The molecular formula is C10H12N2O4. The van der Waals surface area contributed by atoms with Crippen molar-refractivity contribution in [1.29, 1.82) is 0 Å². The second kappa shape index (κ2) is 5.82. The third-order valence-corrected chi connectivity index (χ3v) is 2.02. The maximum atomic E-state index is 10.6. The minimum atomic E-state index is -0.893. The molecule has 0 fully saturated rings. The minimum absolute atomic E-state index is 0.000626. The number of nitro benzene ring substituents is 1. The number of carbonyl (C=O) groups is 1. The van der Waals surface area contributed by atoms with Gasteiger partial charge in [-0.3, -0.25) is 14.9 Å². The van der Waals surface area contributed by atoms with E-state index in [1.807, 2.05) is 0 Å². The molecule has 0 aromatic heterocycles. The summed E-state index contributed by atoms with van der Waals surface area (Å²) in [4.78, 5) is 20.4. The Kier molecular flexibility index (Phi) is 4.41. The third kappa shape index (κ3) is 3.66. The van der Waals surface area contributed by atoms with E-state index in [9.17, 15) is 14.9 Å². The normalized spacial score (nSPS) is 10.0. The Morgan fingerprint density at radius 3 is 2.75 bits per heavy atom. The van der Waals surface area contributed by atoms with Crippen molar-refractivity contribution in [1.82, 2.24) is 5.32 Å². The van der Waals surface area contributed by atoms with Gasteiger partial charge in [0.15, 0.2) is 0 Å². The van der Waals surface area contributed by atoms with E-state index in [1.165, 1.54) is 6.07 Å². The summed E-state index contributed by atoms with van der Waals surface area (Å²) in [5, 5.41) is 21.9. The van der Waals surface area contributed by atoms with Gasteiger partial charge in [0, 0.05) is 24.7 Å². The van der Waals surface area contributed by atoms with Gasteiger partial charge >= 0.3 is 5.97 Å². The zero-order chi connectivity index (χ0) is 12.0. The molecular weight excluding hydrogens is 212 g/mol. The number of aliphatic carboxylic acids is 1. The first-order valence-corrected chi connectivity index (χ1v) is 4.76. The van der Waals surface area contributed by atoms with Gasteiger partial charge in [0.25, 0.3) is 5.69 Å². The van der Waals surface area contributed by atoms with E-state index in [2.05, 4.69) is 5.32 Å². The highest BCUT2D eigenvalue weighted by molar-refractivity contribution is 5.66. The first kappa shape index (κ1) is 12.1. The van der Waals surface area contributed by atoms with E-state index in [0.717, 1.165) is 0 Å². The highest BCUT2D eigenvalue weighted by Crippen LogP contribution is 2.16. The molecule has 2 N–H and O–H groups in total. The van der Waals surface area contributed by atoms with Gasteiger partial charge in [-0.1, -0.05) is 18.2 Å². The van der Waals surface area contributed by atoms with Crippen LogP contribution in [0.15, 0.2) is 24.3 Å². The maximum Gasteiger partial charge on any atom is 0.304 e. The molecule has 0 saturated carbocycles. The molecule has 6 nitrogen and oxygen atoms in total. The molecule has 0 aliphatic carbocycles. The minimum Gasteiger partial charge on any atom is -0.481 e. The Labute approximate surface area is 92.0 Å². The number of hydrogen-bond acceptors (Lipinski definition) is 4. The van der Waals surface area contributed by atoms with Crippen LogP contribution in [0.2, 0.25) is 0 Å².